The number of hydrogen-bond donors (Lipinski definition) is 1. The van der Waals surface area contributed by atoms with Gasteiger partial charge in [0.05, 0.1) is 0 Å². The lowest BCUT2D eigenvalue weighted by Crippen LogP contribution is -2.29. The fourth-order valence-corrected chi connectivity index (χ4v) is 2.15. The standard InChI is InChI=1S/C14H22N4O/c1-4-10(2)15-14-16-11(3)9-12(17-14)13(19)18-7-5-6-8-18/h9-10H,4-8H2,1-3H3,(H,15,16,17). The molecule has 1 saturated heterocycles. The van der Waals surface area contributed by atoms with Crippen molar-refractivity contribution in [2.75, 3.05) is 18.4 Å². The van der Waals surface area contributed by atoms with Crippen molar-refractivity contribution in [1.82, 2.24) is 14.9 Å². The number of carbonyl (C=O) groups excluding carboxylic acids is 1. The van der Waals surface area contributed by atoms with E-state index in [9.17, 15) is 4.79 Å². The zero-order valence-corrected chi connectivity index (χ0v) is 11.9. The Morgan fingerprint density at radius 3 is 2.74 bits per heavy atom. The molecule has 1 fully saturated rings. The van der Waals surface area contributed by atoms with Crippen LogP contribution in [0.1, 0.15) is 49.3 Å². The number of aryl methyl sites for hydroxylation is 1. The normalized spacial score (nSPS) is 16.5. The average Bonchev–Trinajstić information content (AvgIpc) is 2.90. The summed E-state index contributed by atoms with van der Waals surface area (Å²) in [5, 5.41) is 3.23. The molecule has 5 heteroatoms. The fourth-order valence-electron chi connectivity index (χ4n) is 2.15. The maximum atomic E-state index is 12.3. The van der Waals surface area contributed by atoms with Gasteiger partial charge < -0.3 is 10.2 Å². The van der Waals surface area contributed by atoms with Gasteiger partial charge in [0.2, 0.25) is 5.95 Å². The van der Waals surface area contributed by atoms with Gasteiger partial charge in [-0.25, -0.2) is 9.97 Å². The van der Waals surface area contributed by atoms with Crippen LogP contribution in [-0.4, -0.2) is 39.9 Å². The first-order valence-electron chi connectivity index (χ1n) is 7.01. The van der Waals surface area contributed by atoms with E-state index in [-0.39, 0.29) is 5.91 Å². The zero-order chi connectivity index (χ0) is 13.8. The fraction of sp³-hybridized carbons (Fsp3) is 0.643. The molecule has 1 aliphatic heterocycles. The third kappa shape index (κ3) is 3.43. The van der Waals surface area contributed by atoms with E-state index in [1.165, 1.54) is 0 Å². The summed E-state index contributed by atoms with van der Waals surface area (Å²) in [5.41, 5.74) is 1.32. The Balaban J connectivity index is 2.18. The Labute approximate surface area is 114 Å². The zero-order valence-electron chi connectivity index (χ0n) is 11.9. The molecule has 0 saturated carbocycles. The summed E-state index contributed by atoms with van der Waals surface area (Å²) in [4.78, 5) is 22.9. The van der Waals surface area contributed by atoms with Gasteiger partial charge in [-0.05, 0) is 39.2 Å². The van der Waals surface area contributed by atoms with Crippen molar-refractivity contribution in [3.05, 3.63) is 17.5 Å². The van der Waals surface area contributed by atoms with E-state index in [4.69, 9.17) is 0 Å². The molecule has 1 aliphatic rings. The van der Waals surface area contributed by atoms with Crippen LogP contribution >= 0.6 is 0 Å². The number of anilines is 1. The number of aromatic nitrogens is 2. The Morgan fingerprint density at radius 1 is 1.42 bits per heavy atom. The summed E-state index contributed by atoms with van der Waals surface area (Å²) in [6.45, 7) is 7.76. The molecule has 1 aromatic heterocycles. The van der Waals surface area contributed by atoms with Gasteiger partial charge in [-0.15, -0.1) is 0 Å². The molecule has 1 N–H and O–H groups in total. The lowest BCUT2D eigenvalue weighted by molar-refractivity contribution is 0.0787. The third-order valence-electron chi connectivity index (χ3n) is 3.45. The predicted molar refractivity (Wildman–Crippen MR) is 75.3 cm³/mol. The Hall–Kier alpha value is -1.65. The topological polar surface area (TPSA) is 58.1 Å². The second-order valence-electron chi connectivity index (χ2n) is 5.17. The summed E-state index contributed by atoms with van der Waals surface area (Å²) in [7, 11) is 0. The predicted octanol–water partition coefficient (Wildman–Crippen LogP) is 2.23. The van der Waals surface area contributed by atoms with E-state index in [0.29, 0.717) is 17.7 Å². The van der Waals surface area contributed by atoms with Crippen molar-refractivity contribution in [2.24, 2.45) is 0 Å². The van der Waals surface area contributed by atoms with Crippen LogP contribution < -0.4 is 5.32 Å². The largest absolute Gasteiger partial charge is 0.352 e. The van der Waals surface area contributed by atoms with Crippen LogP contribution in [0.5, 0.6) is 0 Å². The van der Waals surface area contributed by atoms with Crippen LogP contribution in [0.2, 0.25) is 0 Å². The molecule has 2 rings (SSSR count). The van der Waals surface area contributed by atoms with E-state index in [1.807, 2.05) is 11.8 Å². The lowest BCUT2D eigenvalue weighted by atomic mass is 10.2. The van der Waals surface area contributed by atoms with Gasteiger partial charge in [-0.2, -0.15) is 0 Å². The van der Waals surface area contributed by atoms with Gasteiger partial charge in [0.1, 0.15) is 5.69 Å². The van der Waals surface area contributed by atoms with Crippen molar-refractivity contribution in [2.45, 2.75) is 46.1 Å². The van der Waals surface area contributed by atoms with Gasteiger partial charge >= 0.3 is 0 Å². The monoisotopic (exact) mass is 262 g/mol. The first-order valence-corrected chi connectivity index (χ1v) is 7.01. The highest BCUT2D eigenvalue weighted by Crippen LogP contribution is 2.14. The highest BCUT2D eigenvalue weighted by Gasteiger charge is 2.21. The van der Waals surface area contributed by atoms with E-state index >= 15 is 0 Å². The molecule has 0 spiro atoms. The molecule has 0 radical (unpaired) electrons. The molecule has 0 aromatic carbocycles. The van der Waals surface area contributed by atoms with Crippen molar-refractivity contribution < 1.29 is 4.79 Å². The lowest BCUT2D eigenvalue weighted by Gasteiger charge is -2.16. The minimum atomic E-state index is 0.0233. The second-order valence-corrected chi connectivity index (χ2v) is 5.17. The summed E-state index contributed by atoms with van der Waals surface area (Å²) < 4.78 is 0. The highest BCUT2D eigenvalue weighted by atomic mass is 16.2. The van der Waals surface area contributed by atoms with Crippen LogP contribution in [0, 0.1) is 6.92 Å². The molecule has 19 heavy (non-hydrogen) atoms. The number of nitrogens with zero attached hydrogens (tertiary/aromatic N) is 3. The molecule has 2 heterocycles. The van der Waals surface area contributed by atoms with Crippen molar-refractivity contribution >= 4 is 11.9 Å². The summed E-state index contributed by atoms with van der Waals surface area (Å²) in [5.74, 6) is 0.576. The van der Waals surface area contributed by atoms with Crippen LogP contribution in [0.25, 0.3) is 0 Å². The number of nitrogens with one attached hydrogen (secondary N) is 1. The first kappa shape index (κ1) is 13.8. The van der Waals surface area contributed by atoms with E-state index in [2.05, 4.69) is 29.1 Å². The number of rotatable bonds is 4. The molecular formula is C14H22N4O. The molecule has 5 nitrogen and oxygen atoms in total. The Kier molecular flexibility index (Phi) is 4.35. The SMILES string of the molecule is CCC(C)Nc1nc(C)cc(C(=O)N2CCCC2)n1. The number of amides is 1. The highest BCUT2D eigenvalue weighted by molar-refractivity contribution is 5.92. The van der Waals surface area contributed by atoms with E-state index < -0.39 is 0 Å². The summed E-state index contributed by atoms with van der Waals surface area (Å²) in [6, 6.07) is 2.07. The molecule has 0 bridgehead atoms. The number of hydrogen-bond acceptors (Lipinski definition) is 4. The van der Waals surface area contributed by atoms with Crippen molar-refractivity contribution in [1.29, 1.82) is 0 Å². The quantitative estimate of drug-likeness (QED) is 0.904. The van der Waals surface area contributed by atoms with Crippen LogP contribution in [-0.2, 0) is 0 Å². The molecule has 1 aromatic rings. The van der Waals surface area contributed by atoms with Gasteiger partial charge in [0.25, 0.3) is 5.91 Å². The van der Waals surface area contributed by atoms with E-state index in [1.54, 1.807) is 6.07 Å². The Morgan fingerprint density at radius 2 is 2.11 bits per heavy atom. The van der Waals surface area contributed by atoms with Crippen LogP contribution in [0.4, 0.5) is 5.95 Å². The van der Waals surface area contributed by atoms with E-state index in [0.717, 1.165) is 38.0 Å². The van der Waals surface area contributed by atoms with Crippen molar-refractivity contribution in [3.63, 3.8) is 0 Å². The van der Waals surface area contributed by atoms with Crippen LogP contribution in [0.3, 0.4) is 0 Å². The van der Waals surface area contributed by atoms with Gasteiger partial charge in [0, 0.05) is 24.8 Å². The third-order valence-corrected chi connectivity index (χ3v) is 3.45. The summed E-state index contributed by atoms with van der Waals surface area (Å²) in [6.07, 6.45) is 3.17. The van der Waals surface area contributed by atoms with Gasteiger partial charge in [-0.1, -0.05) is 6.92 Å². The first-order chi connectivity index (χ1) is 9.10. The summed E-state index contributed by atoms with van der Waals surface area (Å²) >= 11 is 0. The molecule has 1 unspecified atom stereocenters. The maximum absolute atomic E-state index is 12.3. The smallest absolute Gasteiger partial charge is 0.272 e. The van der Waals surface area contributed by atoms with Gasteiger partial charge in [-0.3, -0.25) is 4.79 Å². The molecule has 1 amide bonds. The number of likely N-dealkylation sites (tertiary alicyclic amines) is 1. The molecular weight excluding hydrogens is 240 g/mol. The minimum Gasteiger partial charge on any atom is -0.352 e. The molecule has 0 aliphatic carbocycles. The number of carbonyl (C=O) groups is 1. The van der Waals surface area contributed by atoms with Crippen molar-refractivity contribution in [3.8, 4) is 0 Å². The molecule has 1 atom stereocenters. The molecule has 104 valence electrons. The average molecular weight is 262 g/mol. The van der Waals surface area contributed by atoms with Gasteiger partial charge in [0.15, 0.2) is 0 Å². The maximum Gasteiger partial charge on any atom is 0.272 e. The Bertz CT molecular complexity index is 455. The van der Waals surface area contributed by atoms with Crippen LogP contribution in [0.15, 0.2) is 6.07 Å². The minimum absolute atomic E-state index is 0.0233. The second kappa shape index (κ2) is 5.99.